The summed E-state index contributed by atoms with van der Waals surface area (Å²) in [7, 11) is 4.05. The van der Waals surface area contributed by atoms with Gasteiger partial charge in [-0.05, 0) is 26.1 Å². The standard InChI is InChI=1S/C16H21N5O3/c1-4-9-7-21(8-12(9)20(2)3)15(23)10-5-11-13(17-6-10)18-16(24)19-14(11)22/h5-6,9,12H,4,7-8H2,1-3H3,(H2,17,18,19,22,24)/t9-,12+/m1/s1. The summed E-state index contributed by atoms with van der Waals surface area (Å²) < 4.78 is 0. The van der Waals surface area contributed by atoms with Crippen LogP contribution in [0.25, 0.3) is 11.0 Å². The molecule has 24 heavy (non-hydrogen) atoms. The first-order valence-electron chi connectivity index (χ1n) is 7.98. The van der Waals surface area contributed by atoms with Crippen molar-refractivity contribution in [3.05, 3.63) is 38.7 Å². The maximum Gasteiger partial charge on any atom is 0.327 e. The number of amides is 1. The van der Waals surface area contributed by atoms with Gasteiger partial charge in [0, 0.05) is 25.3 Å². The second-order valence-electron chi connectivity index (χ2n) is 6.44. The molecule has 0 saturated carbocycles. The molecule has 2 atom stereocenters. The fraction of sp³-hybridized carbons (Fsp3) is 0.500. The predicted molar refractivity (Wildman–Crippen MR) is 90.1 cm³/mol. The molecule has 2 aromatic heterocycles. The Labute approximate surface area is 138 Å². The van der Waals surface area contributed by atoms with Gasteiger partial charge in [-0.3, -0.25) is 19.6 Å². The second kappa shape index (κ2) is 6.20. The van der Waals surface area contributed by atoms with Crippen molar-refractivity contribution in [1.29, 1.82) is 0 Å². The van der Waals surface area contributed by atoms with Gasteiger partial charge in [-0.2, -0.15) is 0 Å². The van der Waals surface area contributed by atoms with E-state index in [-0.39, 0.29) is 16.9 Å². The smallest absolute Gasteiger partial charge is 0.327 e. The number of carbonyl (C=O) groups excluding carboxylic acids is 1. The molecule has 2 N–H and O–H groups in total. The Balaban J connectivity index is 1.92. The molecule has 1 saturated heterocycles. The highest BCUT2D eigenvalue weighted by molar-refractivity contribution is 5.96. The van der Waals surface area contributed by atoms with E-state index in [1.54, 1.807) is 0 Å². The highest BCUT2D eigenvalue weighted by Crippen LogP contribution is 2.25. The molecule has 0 bridgehead atoms. The summed E-state index contributed by atoms with van der Waals surface area (Å²) in [5.41, 5.74) is -0.623. The largest absolute Gasteiger partial charge is 0.337 e. The van der Waals surface area contributed by atoms with Gasteiger partial charge >= 0.3 is 5.69 Å². The topological polar surface area (TPSA) is 102 Å². The third-order valence-electron chi connectivity index (χ3n) is 4.72. The van der Waals surface area contributed by atoms with E-state index in [2.05, 4.69) is 26.8 Å². The molecule has 0 aromatic carbocycles. The van der Waals surface area contributed by atoms with E-state index in [1.165, 1.54) is 12.3 Å². The number of aromatic nitrogens is 3. The summed E-state index contributed by atoms with van der Waals surface area (Å²) in [6.07, 6.45) is 2.41. The molecule has 8 heteroatoms. The van der Waals surface area contributed by atoms with Crippen molar-refractivity contribution in [2.24, 2.45) is 5.92 Å². The van der Waals surface area contributed by atoms with E-state index in [1.807, 2.05) is 19.0 Å². The fourth-order valence-corrected chi connectivity index (χ4v) is 3.35. The molecule has 1 aliphatic rings. The van der Waals surface area contributed by atoms with Crippen LogP contribution in [0.5, 0.6) is 0 Å². The van der Waals surface area contributed by atoms with Crippen molar-refractivity contribution in [2.45, 2.75) is 19.4 Å². The first-order valence-corrected chi connectivity index (χ1v) is 7.98. The molecule has 8 nitrogen and oxygen atoms in total. The van der Waals surface area contributed by atoms with Gasteiger partial charge in [0.1, 0.15) is 5.65 Å². The number of fused-ring (bicyclic) bond motifs is 1. The molecule has 3 rings (SSSR count). The molecular formula is C16H21N5O3. The Kier molecular flexibility index (Phi) is 4.23. The van der Waals surface area contributed by atoms with Crippen LogP contribution in [0.2, 0.25) is 0 Å². The SMILES string of the molecule is CC[C@@H]1CN(C(=O)c2cnc3[nH]c(=O)[nH]c(=O)c3c2)C[C@@H]1N(C)C. The first-order chi connectivity index (χ1) is 11.4. The van der Waals surface area contributed by atoms with Gasteiger partial charge in [-0.1, -0.05) is 13.3 Å². The lowest BCUT2D eigenvalue weighted by Crippen LogP contribution is -2.36. The van der Waals surface area contributed by atoms with Crippen LogP contribution in [0.3, 0.4) is 0 Å². The minimum atomic E-state index is -0.613. The average Bonchev–Trinajstić information content (AvgIpc) is 2.98. The van der Waals surface area contributed by atoms with E-state index < -0.39 is 11.2 Å². The zero-order valence-corrected chi connectivity index (χ0v) is 14.0. The van der Waals surface area contributed by atoms with Crippen molar-refractivity contribution >= 4 is 16.9 Å². The molecule has 1 aliphatic heterocycles. The highest BCUT2D eigenvalue weighted by atomic mass is 16.2. The molecule has 1 fully saturated rings. The molecular weight excluding hydrogens is 310 g/mol. The molecule has 0 aliphatic carbocycles. The molecule has 0 spiro atoms. The lowest BCUT2D eigenvalue weighted by molar-refractivity contribution is 0.0781. The summed E-state index contributed by atoms with van der Waals surface area (Å²) in [5, 5.41) is 0.204. The minimum absolute atomic E-state index is 0.141. The van der Waals surface area contributed by atoms with Gasteiger partial charge in [0.15, 0.2) is 0 Å². The summed E-state index contributed by atoms with van der Waals surface area (Å²) in [6.45, 7) is 3.48. The normalized spacial score (nSPS) is 20.9. The molecule has 3 heterocycles. The van der Waals surface area contributed by atoms with Crippen LogP contribution in [0.1, 0.15) is 23.7 Å². The fourth-order valence-electron chi connectivity index (χ4n) is 3.35. The van der Waals surface area contributed by atoms with Gasteiger partial charge in [0.05, 0.1) is 10.9 Å². The monoisotopic (exact) mass is 331 g/mol. The van der Waals surface area contributed by atoms with E-state index in [0.29, 0.717) is 30.6 Å². The Hall–Kier alpha value is -2.48. The van der Waals surface area contributed by atoms with Crippen LogP contribution in [-0.4, -0.2) is 63.9 Å². The van der Waals surface area contributed by atoms with Gasteiger partial charge in [-0.25, -0.2) is 9.78 Å². The van der Waals surface area contributed by atoms with E-state index in [0.717, 1.165) is 6.42 Å². The van der Waals surface area contributed by atoms with Crippen LogP contribution in [-0.2, 0) is 0 Å². The third kappa shape index (κ3) is 2.84. The third-order valence-corrected chi connectivity index (χ3v) is 4.72. The van der Waals surface area contributed by atoms with E-state index >= 15 is 0 Å². The maximum absolute atomic E-state index is 12.8. The number of aromatic amines is 2. The first kappa shape index (κ1) is 16.4. The van der Waals surface area contributed by atoms with Gasteiger partial charge < -0.3 is 9.80 Å². The number of nitrogens with one attached hydrogen (secondary N) is 2. The van der Waals surface area contributed by atoms with Crippen molar-refractivity contribution < 1.29 is 4.79 Å². The molecule has 1 amide bonds. The summed E-state index contributed by atoms with van der Waals surface area (Å²) in [6, 6.07) is 1.82. The van der Waals surface area contributed by atoms with Gasteiger partial charge in [-0.15, -0.1) is 0 Å². The number of likely N-dealkylation sites (N-methyl/N-ethyl adjacent to an activating group) is 1. The number of H-pyrrole nitrogens is 2. The van der Waals surface area contributed by atoms with E-state index in [9.17, 15) is 14.4 Å². The van der Waals surface area contributed by atoms with Crippen LogP contribution in [0, 0.1) is 5.92 Å². The van der Waals surface area contributed by atoms with Crippen LogP contribution < -0.4 is 11.2 Å². The van der Waals surface area contributed by atoms with Crippen LogP contribution in [0.15, 0.2) is 21.9 Å². The molecule has 128 valence electrons. The number of hydrogen-bond acceptors (Lipinski definition) is 5. The number of nitrogens with zero attached hydrogens (tertiary/aromatic N) is 3. The number of pyridine rings is 1. The van der Waals surface area contributed by atoms with Crippen molar-refractivity contribution in [3.8, 4) is 0 Å². The van der Waals surface area contributed by atoms with Gasteiger partial charge in [0.25, 0.3) is 11.5 Å². The summed E-state index contributed by atoms with van der Waals surface area (Å²) >= 11 is 0. The van der Waals surface area contributed by atoms with Crippen LogP contribution in [0.4, 0.5) is 0 Å². The average molecular weight is 331 g/mol. The Morgan fingerprint density at radius 1 is 1.33 bits per heavy atom. The number of carbonyl (C=O) groups is 1. The Bertz CT molecular complexity index is 885. The maximum atomic E-state index is 12.8. The lowest BCUT2D eigenvalue weighted by Gasteiger charge is -2.23. The summed E-state index contributed by atoms with van der Waals surface area (Å²) in [4.78, 5) is 48.6. The van der Waals surface area contributed by atoms with Crippen molar-refractivity contribution in [2.75, 3.05) is 27.2 Å². The number of likely N-dealkylation sites (tertiary alicyclic amines) is 1. The Morgan fingerprint density at radius 2 is 2.08 bits per heavy atom. The number of hydrogen-bond donors (Lipinski definition) is 2. The minimum Gasteiger partial charge on any atom is -0.337 e. The van der Waals surface area contributed by atoms with Gasteiger partial charge in [0.2, 0.25) is 0 Å². The molecule has 2 aromatic rings. The van der Waals surface area contributed by atoms with Crippen LogP contribution >= 0.6 is 0 Å². The quantitative estimate of drug-likeness (QED) is 0.826. The van der Waals surface area contributed by atoms with E-state index in [4.69, 9.17) is 0 Å². The zero-order chi connectivity index (χ0) is 17.4. The predicted octanol–water partition coefficient (Wildman–Crippen LogP) is 0.0236. The number of rotatable bonds is 3. The highest BCUT2D eigenvalue weighted by Gasteiger charge is 2.35. The molecule has 0 unspecified atom stereocenters. The second-order valence-corrected chi connectivity index (χ2v) is 6.44. The van der Waals surface area contributed by atoms with Crippen molar-refractivity contribution in [3.63, 3.8) is 0 Å². The van der Waals surface area contributed by atoms with Crippen molar-refractivity contribution in [1.82, 2.24) is 24.8 Å². The zero-order valence-electron chi connectivity index (χ0n) is 14.0. The lowest BCUT2D eigenvalue weighted by atomic mass is 10.0. The molecule has 0 radical (unpaired) electrons. The Morgan fingerprint density at radius 3 is 2.71 bits per heavy atom. The summed E-state index contributed by atoms with van der Waals surface area (Å²) in [5.74, 6) is 0.287.